The van der Waals surface area contributed by atoms with E-state index in [0.717, 1.165) is 5.39 Å². The number of aromatic nitrogens is 2. The van der Waals surface area contributed by atoms with E-state index in [0.29, 0.717) is 22.6 Å². The predicted octanol–water partition coefficient (Wildman–Crippen LogP) is 3.93. The highest BCUT2D eigenvalue weighted by Gasteiger charge is 2.52. The Kier molecular flexibility index (Phi) is 3.16. The zero-order valence-corrected chi connectivity index (χ0v) is 13.8. The maximum Gasteiger partial charge on any atom is 0.297 e. The Labute approximate surface area is 143 Å². The Morgan fingerprint density at radius 1 is 0.920 bits per heavy atom. The summed E-state index contributed by atoms with van der Waals surface area (Å²) in [4.78, 5) is 13.1. The summed E-state index contributed by atoms with van der Waals surface area (Å²) in [5.41, 5.74) is 5.70. The molecule has 0 bridgehead atoms. The van der Waals surface area contributed by atoms with Crippen LogP contribution in [0, 0.1) is 0 Å². The highest BCUT2D eigenvalue weighted by atomic mass is 19.3. The molecule has 3 aromatic rings. The normalized spacial score (nSPS) is 17.8. The van der Waals surface area contributed by atoms with Gasteiger partial charge < -0.3 is 5.73 Å². The van der Waals surface area contributed by atoms with Gasteiger partial charge in [0, 0.05) is 16.5 Å². The Morgan fingerprint density at radius 3 is 2.40 bits per heavy atom. The van der Waals surface area contributed by atoms with Gasteiger partial charge in [0.25, 0.3) is 5.92 Å². The maximum atomic E-state index is 14.8. The van der Waals surface area contributed by atoms with Crippen molar-refractivity contribution in [3.63, 3.8) is 0 Å². The summed E-state index contributed by atoms with van der Waals surface area (Å²) in [7, 11) is 0. The van der Waals surface area contributed by atoms with E-state index >= 15 is 0 Å². The number of fused-ring (bicyclic) bond motifs is 2. The van der Waals surface area contributed by atoms with Crippen LogP contribution in [0.5, 0.6) is 0 Å². The van der Waals surface area contributed by atoms with Crippen molar-refractivity contribution < 1.29 is 8.78 Å². The van der Waals surface area contributed by atoms with Crippen molar-refractivity contribution in [2.24, 2.45) is 4.99 Å². The van der Waals surface area contributed by atoms with Crippen LogP contribution < -0.4 is 5.73 Å². The molecule has 1 aliphatic rings. The van der Waals surface area contributed by atoms with Crippen LogP contribution >= 0.6 is 0 Å². The minimum absolute atomic E-state index is 0.0691. The molecule has 2 N–H and O–H groups in total. The zero-order valence-electron chi connectivity index (χ0n) is 13.8. The number of hydrogen-bond donors (Lipinski definition) is 1. The first-order chi connectivity index (χ1) is 11.8. The highest BCUT2D eigenvalue weighted by Crippen LogP contribution is 2.46. The first kappa shape index (κ1) is 15.6. The molecular formula is C19H16F2N4. The molecule has 0 amide bonds. The number of rotatable bonds is 1. The van der Waals surface area contributed by atoms with Gasteiger partial charge in [0.2, 0.25) is 0 Å². The first-order valence-electron chi connectivity index (χ1n) is 7.91. The number of nitrogens with two attached hydrogens (primary N) is 1. The molecule has 4 nitrogen and oxygen atoms in total. The van der Waals surface area contributed by atoms with Crippen molar-refractivity contribution in [2.75, 3.05) is 5.73 Å². The number of alkyl halides is 2. The van der Waals surface area contributed by atoms with E-state index in [1.54, 1.807) is 18.2 Å². The molecule has 0 saturated heterocycles. The van der Waals surface area contributed by atoms with Crippen molar-refractivity contribution in [3.8, 4) is 0 Å². The van der Waals surface area contributed by atoms with Crippen molar-refractivity contribution in [1.82, 2.24) is 9.97 Å². The fourth-order valence-electron chi connectivity index (χ4n) is 3.08. The number of nitrogen functional groups attached to an aromatic ring is 1. The number of anilines is 1. The van der Waals surface area contributed by atoms with Crippen molar-refractivity contribution in [2.45, 2.75) is 25.3 Å². The van der Waals surface area contributed by atoms with Gasteiger partial charge in [-0.15, -0.1) is 0 Å². The first-order valence-corrected chi connectivity index (χ1v) is 7.91. The predicted molar refractivity (Wildman–Crippen MR) is 94.0 cm³/mol. The minimum Gasteiger partial charge on any atom is -0.383 e. The van der Waals surface area contributed by atoms with Crippen LogP contribution in [0.25, 0.3) is 10.9 Å². The van der Waals surface area contributed by atoms with E-state index in [-0.39, 0.29) is 11.4 Å². The molecule has 0 saturated carbocycles. The Morgan fingerprint density at radius 2 is 1.60 bits per heavy atom. The molecule has 4 rings (SSSR count). The molecule has 6 heteroatoms. The van der Waals surface area contributed by atoms with Gasteiger partial charge in [-0.05, 0) is 26.0 Å². The average molecular weight is 338 g/mol. The standard InChI is InChI=1S/C19H16F2N4/c1-18(2)19(20,21)13-9-5-3-7-11(13)15(25-18)17-23-14-10-6-4-8-12(14)16(22)24-17/h3-10H,1-2H3,(H2,22,23,24). The summed E-state index contributed by atoms with van der Waals surface area (Å²) in [6.45, 7) is 2.82. The lowest BCUT2D eigenvalue weighted by molar-refractivity contribution is -0.0682. The number of halogens is 2. The summed E-state index contributed by atoms with van der Waals surface area (Å²) in [6, 6.07) is 13.7. The topological polar surface area (TPSA) is 64.2 Å². The van der Waals surface area contributed by atoms with Crippen molar-refractivity contribution in [3.05, 3.63) is 65.5 Å². The quantitative estimate of drug-likeness (QED) is 0.731. The van der Waals surface area contributed by atoms with Crippen molar-refractivity contribution in [1.29, 1.82) is 0 Å². The molecule has 2 heterocycles. The smallest absolute Gasteiger partial charge is 0.297 e. The van der Waals surface area contributed by atoms with E-state index < -0.39 is 11.5 Å². The Hall–Kier alpha value is -2.89. The van der Waals surface area contributed by atoms with E-state index in [2.05, 4.69) is 15.0 Å². The molecule has 0 atom stereocenters. The molecule has 1 aliphatic heterocycles. The number of benzene rings is 2. The monoisotopic (exact) mass is 338 g/mol. The number of nitrogens with zero attached hydrogens (tertiary/aromatic N) is 3. The van der Waals surface area contributed by atoms with Crippen LogP contribution in [0.15, 0.2) is 53.5 Å². The molecule has 0 fully saturated rings. The lowest BCUT2D eigenvalue weighted by atomic mass is 9.83. The van der Waals surface area contributed by atoms with Gasteiger partial charge in [0.15, 0.2) is 5.82 Å². The summed E-state index contributed by atoms with van der Waals surface area (Å²) < 4.78 is 29.6. The van der Waals surface area contributed by atoms with Crippen LogP contribution in [0.3, 0.4) is 0 Å². The van der Waals surface area contributed by atoms with Crippen LogP contribution in [0.4, 0.5) is 14.6 Å². The average Bonchev–Trinajstić information content (AvgIpc) is 2.58. The fourth-order valence-corrected chi connectivity index (χ4v) is 3.08. The molecular weight excluding hydrogens is 322 g/mol. The second-order valence-electron chi connectivity index (χ2n) is 6.59. The molecule has 126 valence electrons. The third kappa shape index (κ3) is 2.21. The number of para-hydroxylation sites is 1. The highest BCUT2D eigenvalue weighted by molar-refractivity contribution is 6.13. The van der Waals surface area contributed by atoms with Crippen LogP contribution in [-0.2, 0) is 5.92 Å². The van der Waals surface area contributed by atoms with E-state index in [4.69, 9.17) is 5.73 Å². The third-order valence-electron chi connectivity index (χ3n) is 4.52. The molecule has 1 aromatic heterocycles. The number of hydrogen-bond acceptors (Lipinski definition) is 4. The Bertz CT molecular complexity index is 1020. The van der Waals surface area contributed by atoms with Gasteiger partial charge >= 0.3 is 0 Å². The molecule has 0 unspecified atom stereocenters. The van der Waals surface area contributed by atoms with Gasteiger partial charge in [0.05, 0.1) is 5.52 Å². The maximum absolute atomic E-state index is 14.8. The lowest BCUT2D eigenvalue weighted by Gasteiger charge is -2.36. The summed E-state index contributed by atoms with van der Waals surface area (Å²) >= 11 is 0. The van der Waals surface area contributed by atoms with Gasteiger partial charge in [-0.3, -0.25) is 4.99 Å². The molecule has 2 aromatic carbocycles. The number of aliphatic imine (C=N–C) groups is 1. The molecule has 0 aliphatic carbocycles. The van der Waals surface area contributed by atoms with Gasteiger partial charge in [-0.2, -0.15) is 8.78 Å². The summed E-state index contributed by atoms with van der Waals surface area (Å²) in [5.74, 6) is -2.53. The Balaban J connectivity index is 2.01. The fraction of sp³-hybridized carbons (Fsp3) is 0.211. The van der Waals surface area contributed by atoms with Crippen LogP contribution in [0.2, 0.25) is 0 Å². The van der Waals surface area contributed by atoms with E-state index in [1.165, 1.54) is 19.9 Å². The van der Waals surface area contributed by atoms with Crippen LogP contribution in [0.1, 0.15) is 30.8 Å². The SMILES string of the molecule is CC1(C)N=C(c2nc(N)c3ccccc3n2)c2ccccc2C1(F)F. The van der Waals surface area contributed by atoms with Crippen LogP contribution in [-0.4, -0.2) is 21.2 Å². The molecule has 0 radical (unpaired) electrons. The van der Waals surface area contributed by atoms with E-state index in [1.807, 2.05) is 24.3 Å². The summed E-state index contributed by atoms with van der Waals surface area (Å²) in [6.07, 6.45) is 0. The van der Waals surface area contributed by atoms with Gasteiger partial charge in [0.1, 0.15) is 17.1 Å². The largest absolute Gasteiger partial charge is 0.383 e. The van der Waals surface area contributed by atoms with Gasteiger partial charge in [-0.1, -0.05) is 36.4 Å². The van der Waals surface area contributed by atoms with Gasteiger partial charge in [-0.25, -0.2) is 9.97 Å². The second-order valence-corrected chi connectivity index (χ2v) is 6.59. The molecule has 25 heavy (non-hydrogen) atoms. The van der Waals surface area contributed by atoms with E-state index in [9.17, 15) is 8.78 Å². The molecule has 0 spiro atoms. The lowest BCUT2D eigenvalue weighted by Crippen LogP contribution is -2.44. The minimum atomic E-state index is -3.09. The van der Waals surface area contributed by atoms with Crippen molar-refractivity contribution >= 4 is 22.4 Å². The third-order valence-corrected chi connectivity index (χ3v) is 4.52. The second kappa shape index (κ2) is 5.05. The summed E-state index contributed by atoms with van der Waals surface area (Å²) in [5, 5.41) is 0.723. The zero-order chi connectivity index (χ0) is 17.8.